The molecule has 0 amide bonds. The topological polar surface area (TPSA) is 105 Å². The first-order valence-corrected chi connectivity index (χ1v) is 6.63. The zero-order valence-corrected chi connectivity index (χ0v) is 10.8. The van der Waals surface area contributed by atoms with Crippen LogP contribution in [0.1, 0.15) is 36.0 Å². The molecule has 1 aromatic heterocycles. The number of nitrogens with one attached hydrogen (secondary N) is 1. The lowest BCUT2D eigenvalue weighted by Crippen LogP contribution is -2.19. The molecule has 0 spiro atoms. The van der Waals surface area contributed by atoms with Crippen molar-refractivity contribution in [2.75, 3.05) is 11.9 Å². The van der Waals surface area contributed by atoms with Gasteiger partial charge in [0.2, 0.25) is 0 Å². The van der Waals surface area contributed by atoms with E-state index in [4.69, 9.17) is 5.11 Å². The normalized spacial score (nSPS) is 19.4. The second-order valence-corrected chi connectivity index (χ2v) is 5.64. The second kappa shape index (κ2) is 4.43. The van der Waals surface area contributed by atoms with Crippen LogP contribution in [0.4, 0.5) is 11.5 Å². The Kier molecular flexibility index (Phi) is 2.84. The predicted molar refractivity (Wildman–Crippen MR) is 70.7 cm³/mol. The van der Waals surface area contributed by atoms with Crippen LogP contribution in [-0.4, -0.2) is 27.5 Å². The van der Waals surface area contributed by atoms with Crippen molar-refractivity contribution in [3.8, 4) is 0 Å². The van der Waals surface area contributed by atoms with Crippen molar-refractivity contribution in [3.63, 3.8) is 0 Å². The van der Waals surface area contributed by atoms with Gasteiger partial charge in [-0.2, -0.15) is 0 Å². The van der Waals surface area contributed by atoms with Crippen LogP contribution in [0.2, 0.25) is 0 Å². The number of hydrogen-bond donors (Lipinski definition) is 2. The highest BCUT2D eigenvalue weighted by molar-refractivity contribution is 5.93. The van der Waals surface area contributed by atoms with Crippen LogP contribution in [-0.2, 0) is 0 Å². The maximum atomic E-state index is 11.2. The first-order chi connectivity index (χ1) is 9.52. The van der Waals surface area contributed by atoms with Gasteiger partial charge in [-0.25, -0.2) is 9.78 Å². The van der Waals surface area contributed by atoms with Crippen molar-refractivity contribution in [3.05, 3.63) is 27.9 Å². The van der Waals surface area contributed by atoms with Gasteiger partial charge in [0.15, 0.2) is 0 Å². The molecule has 3 rings (SSSR count). The van der Waals surface area contributed by atoms with Gasteiger partial charge in [0.25, 0.3) is 5.69 Å². The lowest BCUT2D eigenvalue weighted by molar-refractivity contribution is -0.385. The van der Waals surface area contributed by atoms with Crippen LogP contribution in [0.5, 0.6) is 0 Å². The van der Waals surface area contributed by atoms with E-state index in [-0.39, 0.29) is 17.1 Å². The summed E-state index contributed by atoms with van der Waals surface area (Å²) in [6, 6.07) is 1.05. The number of carboxylic acid groups (broad SMARTS) is 1. The number of anilines is 1. The first-order valence-electron chi connectivity index (χ1n) is 6.63. The number of nitro groups is 1. The zero-order valence-electron chi connectivity index (χ0n) is 10.8. The Morgan fingerprint density at radius 2 is 2.25 bits per heavy atom. The van der Waals surface area contributed by atoms with Gasteiger partial charge in [0.05, 0.1) is 4.92 Å². The second-order valence-electron chi connectivity index (χ2n) is 5.64. The smallest absolute Gasteiger partial charge is 0.339 e. The molecule has 7 nitrogen and oxygen atoms in total. The van der Waals surface area contributed by atoms with Gasteiger partial charge in [-0.15, -0.1) is 0 Å². The van der Waals surface area contributed by atoms with E-state index in [1.165, 1.54) is 25.7 Å². The molecule has 0 bridgehead atoms. The van der Waals surface area contributed by atoms with Crippen molar-refractivity contribution >= 4 is 17.5 Å². The van der Waals surface area contributed by atoms with E-state index in [9.17, 15) is 14.9 Å². The highest BCUT2D eigenvalue weighted by atomic mass is 16.6. The number of aromatic carboxylic acids is 1. The SMILES string of the molecule is O=C(O)c1cc([N+](=O)[O-])cnc1NCC1(C2CC2)CC1. The van der Waals surface area contributed by atoms with Gasteiger partial charge >= 0.3 is 5.97 Å². The van der Waals surface area contributed by atoms with Crippen molar-refractivity contribution in [1.82, 2.24) is 4.98 Å². The van der Waals surface area contributed by atoms with E-state index in [0.29, 0.717) is 12.0 Å². The largest absolute Gasteiger partial charge is 0.478 e. The molecule has 0 aliphatic heterocycles. The Balaban J connectivity index is 1.78. The van der Waals surface area contributed by atoms with Gasteiger partial charge < -0.3 is 10.4 Å². The maximum absolute atomic E-state index is 11.2. The van der Waals surface area contributed by atoms with E-state index in [1.54, 1.807) is 0 Å². The Labute approximate surface area is 115 Å². The third-order valence-corrected chi connectivity index (χ3v) is 4.26. The molecule has 106 valence electrons. The van der Waals surface area contributed by atoms with Gasteiger partial charge in [-0.1, -0.05) is 0 Å². The number of pyridine rings is 1. The number of aromatic nitrogens is 1. The van der Waals surface area contributed by atoms with Crippen molar-refractivity contribution in [1.29, 1.82) is 0 Å². The molecule has 1 aromatic rings. The molecule has 0 atom stereocenters. The summed E-state index contributed by atoms with van der Waals surface area (Å²) in [6.07, 6.45) is 5.92. The Hall–Kier alpha value is -2.18. The average molecular weight is 277 g/mol. The molecule has 0 radical (unpaired) electrons. The lowest BCUT2D eigenvalue weighted by Gasteiger charge is -2.16. The first kappa shape index (κ1) is 12.8. The van der Waals surface area contributed by atoms with E-state index in [2.05, 4.69) is 10.3 Å². The Bertz CT molecular complexity index is 579. The van der Waals surface area contributed by atoms with Gasteiger partial charge in [0, 0.05) is 12.6 Å². The summed E-state index contributed by atoms with van der Waals surface area (Å²) < 4.78 is 0. The summed E-state index contributed by atoms with van der Waals surface area (Å²) in [6.45, 7) is 0.697. The summed E-state index contributed by atoms with van der Waals surface area (Å²) in [7, 11) is 0. The molecule has 7 heteroatoms. The summed E-state index contributed by atoms with van der Waals surface area (Å²) >= 11 is 0. The van der Waals surface area contributed by atoms with Gasteiger partial charge in [-0.05, 0) is 37.0 Å². The van der Waals surface area contributed by atoms with Crippen LogP contribution in [0.3, 0.4) is 0 Å². The van der Waals surface area contributed by atoms with Crippen LogP contribution in [0.25, 0.3) is 0 Å². The third-order valence-electron chi connectivity index (χ3n) is 4.26. The molecule has 2 aliphatic rings. The fourth-order valence-corrected chi connectivity index (χ4v) is 2.70. The minimum atomic E-state index is -1.21. The summed E-state index contributed by atoms with van der Waals surface area (Å²) in [5.74, 6) is -0.240. The number of carboxylic acids is 1. The predicted octanol–water partition coefficient (Wildman–Crippen LogP) is 2.29. The lowest BCUT2D eigenvalue weighted by atomic mass is 10.0. The van der Waals surface area contributed by atoms with Gasteiger partial charge in [0.1, 0.15) is 17.6 Å². The number of nitrogens with zero attached hydrogens (tertiary/aromatic N) is 2. The van der Waals surface area contributed by atoms with E-state index < -0.39 is 10.9 Å². The molecular formula is C13H15N3O4. The number of rotatable bonds is 6. The molecule has 2 fully saturated rings. The highest BCUT2D eigenvalue weighted by Crippen LogP contribution is 2.61. The molecule has 2 N–H and O–H groups in total. The van der Waals surface area contributed by atoms with Gasteiger partial charge in [-0.3, -0.25) is 10.1 Å². The minimum Gasteiger partial charge on any atom is -0.478 e. The molecule has 20 heavy (non-hydrogen) atoms. The highest BCUT2D eigenvalue weighted by Gasteiger charge is 2.53. The van der Waals surface area contributed by atoms with Crippen LogP contribution >= 0.6 is 0 Å². The molecule has 0 aromatic carbocycles. The molecule has 0 unspecified atom stereocenters. The molecule has 2 saturated carbocycles. The third kappa shape index (κ3) is 2.31. The van der Waals surface area contributed by atoms with E-state index in [1.807, 2.05) is 0 Å². The molecular weight excluding hydrogens is 262 g/mol. The van der Waals surface area contributed by atoms with Crippen molar-refractivity contribution in [2.45, 2.75) is 25.7 Å². The van der Waals surface area contributed by atoms with Crippen LogP contribution in [0, 0.1) is 21.4 Å². The monoisotopic (exact) mass is 277 g/mol. The average Bonchev–Trinajstić information content (AvgIpc) is 3.27. The number of carbonyl (C=O) groups is 1. The fourth-order valence-electron chi connectivity index (χ4n) is 2.70. The van der Waals surface area contributed by atoms with Crippen LogP contribution < -0.4 is 5.32 Å². The van der Waals surface area contributed by atoms with E-state index >= 15 is 0 Å². The maximum Gasteiger partial charge on any atom is 0.339 e. The van der Waals surface area contributed by atoms with Crippen molar-refractivity contribution < 1.29 is 14.8 Å². The Morgan fingerprint density at radius 1 is 1.55 bits per heavy atom. The number of hydrogen-bond acceptors (Lipinski definition) is 5. The molecule has 0 saturated heterocycles. The summed E-state index contributed by atoms with van der Waals surface area (Å²) in [4.78, 5) is 25.1. The summed E-state index contributed by atoms with van der Waals surface area (Å²) in [5, 5.41) is 22.9. The fraction of sp³-hybridized carbons (Fsp3) is 0.538. The standard InChI is InChI=1S/C13H15N3O4/c17-12(18)10-5-9(16(19)20)6-14-11(10)15-7-13(3-4-13)8-1-2-8/h5-6,8H,1-4,7H2,(H,14,15)(H,17,18). The molecule has 1 heterocycles. The zero-order chi connectivity index (χ0) is 14.3. The van der Waals surface area contributed by atoms with E-state index in [0.717, 1.165) is 18.2 Å². The minimum absolute atomic E-state index is 0.147. The van der Waals surface area contributed by atoms with Crippen LogP contribution in [0.15, 0.2) is 12.3 Å². The quantitative estimate of drug-likeness (QED) is 0.610. The van der Waals surface area contributed by atoms with Crippen molar-refractivity contribution in [2.24, 2.45) is 11.3 Å². The Morgan fingerprint density at radius 3 is 2.75 bits per heavy atom. The molecule has 2 aliphatic carbocycles. The summed E-state index contributed by atoms with van der Waals surface area (Å²) in [5.41, 5.74) is -0.152.